The fourth-order valence-corrected chi connectivity index (χ4v) is 9.90. The molecule has 2 atom stereocenters. The molecule has 13 heteroatoms. The zero-order valence-electron chi connectivity index (χ0n) is 32.9. The molecular weight excluding hydrogens is 918 g/mol. The number of benzene rings is 5. The minimum absolute atomic E-state index is 0.0991. The fourth-order valence-electron chi connectivity index (χ4n) is 7.58. The molecule has 1 fully saturated rings. The Kier molecular flexibility index (Phi) is 13.1. The lowest BCUT2D eigenvalue weighted by molar-refractivity contribution is -0.154. The highest BCUT2D eigenvalue weighted by molar-refractivity contribution is 14.1. The highest BCUT2D eigenvalue weighted by atomic mass is 127. The molecule has 2 amide bonds. The van der Waals surface area contributed by atoms with Gasteiger partial charge in [-0.15, -0.1) is 23.1 Å². The molecule has 0 bridgehead atoms. The first kappa shape index (κ1) is 41.7. The summed E-state index contributed by atoms with van der Waals surface area (Å²) in [5.74, 6) is -1.29. The van der Waals surface area contributed by atoms with Crippen molar-refractivity contribution < 1.29 is 24.0 Å². The Morgan fingerprint density at radius 2 is 1.38 bits per heavy atom. The van der Waals surface area contributed by atoms with Crippen LogP contribution in [-0.2, 0) is 29.5 Å². The summed E-state index contributed by atoms with van der Waals surface area (Å²) in [6, 6.07) is 48.4. The quantitative estimate of drug-likeness (QED) is 0.0199. The monoisotopic (exact) mass is 957 g/mol. The largest absolute Gasteiger partial charge is 0.448 e. The number of amides is 2. The third-order valence-corrected chi connectivity index (χ3v) is 12.9. The van der Waals surface area contributed by atoms with Crippen LogP contribution < -0.4 is 10.6 Å². The number of fused-ring (bicyclic) bond motifs is 1. The average Bonchev–Trinajstić information content (AvgIpc) is 3.79. The summed E-state index contributed by atoms with van der Waals surface area (Å²) in [7, 11) is 1.35. The van der Waals surface area contributed by atoms with Gasteiger partial charge in [-0.3, -0.25) is 14.5 Å². The van der Waals surface area contributed by atoms with Crippen LogP contribution in [0.15, 0.2) is 186 Å². The van der Waals surface area contributed by atoms with Crippen LogP contribution in [0.1, 0.15) is 39.6 Å². The van der Waals surface area contributed by atoms with Crippen LogP contribution in [0.4, 0.5) is 5.13 Å². The molecule has 2 N–H and O–H groups in total. The second-order valence-corrected chi connectivity index (χ2v) is 16.9. The van der Waals surface area contributed by atoms with E-state index in [0.29, 0.717) is 20.9 Å². The summed E-state index contributed by atoms with van der Waals surface area (Å²) in [5.41, 5.74) is 4.72. The molecule has 6 aromatic rings. The summed E-state index contributed by atoms with van der Waals surface area (Å²) < 4.78 is 6.98. The minimum atomic E-state index is -0.949. The summed E-state index contributed by atoms with van der Waals surface area (Å²) in [6.07, 6.45) is 3.10. The van der Waals surface area contributed by atoms with Crippen LogP contribution in [-0.4, -0.2) is 62.1 Å². The van der Waals surface area contributed by atoms with Gasteiger partial charge in [0.2, 0.25) is 0 Å². The van der Waals surface area contributed by atoms with Crippen molar-refractivity contribution in [2.75, 3.05) is 22.6 Å². The predicted octanol–water partition coefficient (Wildman–Crippen LogP) is 8.88. The Hall–Kier alpha value is -6.03. The third kappa shape index (κ3) is 8.63. The number of carbonyl (C=O) groups excluding carboxylic acids is 3. The van der Waals surface area contributed by atoms with Crippen LogP contribution >= 0.6 is 45.7 Å². The first-order valence-electron chi connectivity index (χ1n) is 19.5. The molecule has 0 saturated carbocycles. The van der Waals surface area contributed by atoms with E-state index in [2.05, 4.69) is 74.8 Å². The van der Waals surface area contributed by atoms with Gasteiger partial charge in [0.1, 0.15) is 35.5 Å². The number of nitrogens with zero attached hydrogens (tertiary/aromatic N) is 3. The Labute approximate surface area is 375 Å². The molecule has 1 saturated heterocycles. The van der Waals surface area contributed by atoms with Crippen LogP contribution in [0.25, 0.3) is 0 Å². The molecule has 306 valence electrons. The normalized spacial score (nSPS) is 16.5. The Morgan fingerprint density at radius 1 is 0.852 bits per heavy atom. The van der Waals surface area contributed by atoms with E-state index in [0.717, 1.165) is 27.8 Å². The number of allylic oxidation sites excluding steroid dienone is 2. The molecule has 8 rings (SSSR count). The number of nitrogens with one attached hydrogen (secondary N) is 2. The van der Waals surface area contributed by atoms with E-state index < -0.39 is 40.8 Å². The third-order valence-electron chi connectivity index (χ3n) is 10.4. The highest BCUT2D eigenvalue weighted by Crippen LogP contribution is 2.43. The number of ether oxygens (including phenoxy) is 1. The number of thiazole rings is 1. The number of carbonyl (C=O) groups is 3. The van der Waals surface area contributed by atoms with Crippen molar-refractivity contribution in [1.82, 2.24) is 15.2 Å². The number of halogens is 1. The van der Waals surface area contributed by atoms with E-state index in [-0.39, 0.29) is 17.1 Å². The second kappa shape index (κ2) is 19.1. The number of hydrogen-bond donors (Lipinski definition) is 2. The van der Waals surface area contributed by atoms with Crippen molar-refractivity contribution >= 4 is 74.3 Å². The van der Waals surface area contributed by atoms with E-state index >= 15 is 0 Å². The number of rotatable bonds is 15. The number of anilines is 1. The molecule has 0 spiro atoms. The van der Waals surface area contributed by atoms with Gasteiger partial charge in [0, 0.05) is 15.6 Å². The summed E-state index contributed by atoms with van der Waals surface area (Å²) in [4.78, 5) is 54.0. The van der Waals surface area contributed by atoms with Gasteiger partial charge in [-0.05, 0) is 33.4 Å². The predicted molar refractivity (Wildman–Crippen MR) is 249 cm³/mol. The molecule has 3 heterocycles. The number of thioether (sulfide) groups is 1. The van der Waals surface area contributed by atoms with Crippen molar-refractivity contribution in [3.8, 4) is 0 Å². The van der Waals surface area contributed by atoms with E-state index in [1.807, 2.05) is 127 Å². The summed E-state index contributed by atoms with van der Waals surface area (Å²) >= 11 is 5.01. The molecule has 1 unspecified atom stereocenters. The highest BCUT2D eigenvalue weighted by Gasteiger charge is 2.55. The number of alkyl halides is 1. The molecule has 0 aliphatic carbocycles. The number of oxime groups is 1. The average molecular weight is 958 g/mol. The van der Waals surface area contributed by atoms with E-state index in [1.54, 1.807) is 5.38 Å². The summed E-state index contributed by atoms with van der Waals surface area (Å²) in [5, 5.41) is 12.4. The summed E-state index contributed by atoms with van der Waals surface area (Å²) in [6.45, 7) is 0. The Balaban J connectivity index is 1.05. The van der Waals surface area contributed by atoms with Gasteiger partial charge in [0.25, 0.3) is 11.8 Å². The van der Waals surface area contributed by atoms with Crippen LogP contribution in [0.2, 0.25) is 0 Å². The zero-order chi connectivity index (χ0) is 42.2. The van der Waals surface area contributed by atoms with Crippen molar-refractivity contribution in [1.29, 1.82) is 0 Å². The molecule has 0 radical (unpaired) electrons. The van der Waals surface area contributed by atoms with Crippen LogP contribution in [0.3, 0.4) is 0 Å². The van der Waals surface area contributed by atoms with Crippen molar-refractivity contribution in [3.63, 3.8) is 0 Å². The van der Waals surface area contributed by atoms with Gasteiger partial charge < -0.3 is 20.2 Å². The van der Waals surface area contributed by atoms with Crippen molar-refractivity contribution in [3.05, 3.63) is 214 Å². The topological polar surface area (TPSA) is 122 Å². The smallest absolute Gasteiger partial charge is 0.356 e. The zero-order valence-corrected chi connectivity index (χ0v) is 36.7. The van der Waals surface area contributed by atoms with Gasteiger partial charge in [-0.1, -0.05) is 192 Å². The first-order valence-corrected chi connectivity index (χ1v) is 22.9. The van der Waals surface area contributed by atoms with E-state index in [1.165, 1.54) is 35.1 Å². The lowest BCUT2D eigenvalue weighted by Crippen LogP contribution is -2.71. The first-order chi connectivity index (χ1) is 29.9. The molecule has 1 aromatic heterocycles. The molecule has 2 aliphatic heterocycles. The maximum absolute atomic E-state index is 14.3. The molecule has 61 heavy (non-hydrogen) atoms. The van der Waals surface area contributed by atoms with Gasteiger partial charge >= 0.3 is 5.97 Å². The van der Waals surface area contributed by atoms with Crippen molar-refractivity contribution in [2.24, 2.45) is 5.16 Å². The maximum atomic E-state index is 14.3. The fraction of sp³-hybridized carbons (Fsp3) is 0.146. The standard InChI is InChI=1S/C48H40IN5O5S2/c1-58-53-39(38-31-61-47(50-38)52-48(35-23-11-4-12-24-35,36-25-13-5-14-26-36)37-27-15-6-16-28-37)43(55)51-40-44(56)54-41(34(22-17-29-49)30-60-45(40)54)46(57)59-42(32-18-7-2-8-19-32)33-20-9-3-10-21-33/h2-28,31,40,42,45H,29-30H2,1H3,(H,50,52)(H,51,55)/b22-17?,53-39-/t40?,45-/m0/s1. The van der Waals surface area contributed by atoms with E-state index in [4.69, 9.17) is 14.6 Å². The van der Waals surface area contributed by atoms with Crippen LogP contribution in [0.5, 0.6) is 0 Å². The molecular formula is C48H40IN5O5S2. The van der Waals surface area contributed by atoms with Gasteiger partial charge in [0.15, 0.2) is 16.9 Å². The molecule has 5 aromatic carbocycles. The number of β-lactam (4-membered cyclic amide) rings is 1. The van der Waals surface area contributed by atoms with Crippen LogP contribution in [0, 0.1) is 0 Å². The lowest BCUT2D eigenvalue weighted by Gasteiger charge is -2.49. The van der Waals surface area contributed by atoms with Gasteiger partial charge in [-0.2, -0.15) is 0 Å². The van der Waals surface area contributed by atoms with E-state index in [9.17, 15) is 14.4 Å². The van der Waals surface area contributed by atoms with Gasteiger partial charge in [-0.25, -0.2) is 9.78 Å². The molecule has 2 aliphatic rings. The van der Waals surface area contributed by atoms with Gasteiger partial charge in [0.05, 0.1) is 0 Å². The number of hydrogen-bond acceptors (Lipinski definition) is 10. The van der Waals surface area contributed by atoms with Crippen molar-refractivity contribution in [2.45, 2.75) is 23.1 Å². The second-order valence-electron chi connectivity index (χ2n) is 14.0. The Bertz CT molecular complexity index is 2440. The number of aromatic nitrogens is 1. The number of esters is 1. The lowest BCUT2D eigenvalue weighted by atomic mass is 9.77. The minimum Gasteiger partial charge on any atom is -0.448 e. The maximum Gasteiger partial charge on any atom is 0.356 e. The Morgan fingerprint density at radius 3 is 1.89 bits per heavy atom. The molecule has 10 nitrogen and oxygen atoms in total. The SMILES string of the molecule is CO/N=C(\C(=O)NC1C(=O)N2C(C(=O)OC(c3ccccc3)c3ccccc3)=C(C=CCI)CS[C@@H]12)c1csc(NC(c2ccccc2)(c2ccccc2)c2ccccc2)n1.